The van der Waals surface area contributed by atoms with Gasteiger partial charge in [-0.3, -0.25) is 10.1 Å². The summed E-state index contributed by atoms with van der Waals surface area (Å²) in [7, 11) is 0. The fourth-order valence-corrected chi connectivity index (χ4v) is 1.05. The summed E-state index contributed by atoms with van der Waals surface area (Å²) in [5.74, 6) is 0. The number of nitrogens with zero attached hydrogens (tertiary/aromatic N) is 1. The molecule has 0 spiro atoms. The molecule has 0 aliphatic carbocycles. The Balaban J connectivity index is 0.000000671. The van der Waals surface area contributed by atoms with Crippen LogP contribution in [0.15, 0.2) is 18.2 Å². The van der Waals surface area contributed by atoms with Crippen LogP contribution in [-0.4, -0.2) is 4.92 Å². The Labute approximate surface area is 82.5 Å². The Morgan fingerprint density at radius 1 is 1.38 bits per heavy atom. The van der Waals surface area contributed by atoms with E-state index in [1.54, 1.807) is 13.0 Å². The number of rotatable bonds is 1. The molecule has 3 nitrogen and oxygen atoms in total. The minimum Gasteiger partial charge on any atom is -0.258 e. The second kappa shape index (κ2) is 5.54. The molecule has 0 aliphatic heterocycles. The highest BCUT2D eigenvalue weighted by Gasteiger charge is 2.08. The standard InChI is InChI=1S/C7H6ClNO2.C2H6/c1-5-4-6(8)2-3-7(5)9(10)11;1-2/h2-4H,1H3;1-2H3. The Morgan fingerprint density at radius 3 is 2.31 bits per heavy atom. The van der Waals surface area contributed by atoms with E-state index in [2.05, 4.69) is 0 Å². The van der Waals surface area contributed by atoms with Crippen molar-refractivity contribution in [1.29, 1.82) is 0 Å². The molecule has 0 atom stereocenters. The topological polar surface area (TPSA) is 43.1 Å². The zero-order valence-corrected chi connectivity index (χ0v) is 8.63. The van der Waals surface area contributed by atoms with E-state index >= 15 is 0 Å². The lowest BCUT2D eigenvalue weighted by Crippen LogP contribution is -1.90. The number of benzene rings is 1. The summed E-state index contributed by atoms with van der Waals surface area (Å²) < 4.78 is 0. The van der Waals surface area contributed by atoms with Gasteiger partial charge in [-0.25, -0.2) is 0 Å². The van der Waals surface area contributed by atoms with Gasteiger partial charge in [-0.1, -0.05) is 25.4 Å². The zero-order chi connectivity index (χ0) is 10.4. The van der Waals surface area contributed by atoms with Crippen LogP contribution in [0, 0.1) is 17.0 Å². The lowest BCUT2D eigenvalue weighted by molar-refractivity contribution is -0.385. The number of hydrogen-bond donors (Lipinski definition) is 0. The summed E-state index contributed by atoms with van der Waals surface area (Å²) >= 11 is 5.60. The molecule has 0 bridgehead atoms. The lowest BCUT2D eigenvalue weighted by Gasteiger charge is -1.95. The molecule has 0 N–H and O–H groups in total. The summed E-state index contributed by atoms with van der Waals surface area (Å²) in [4.78, 5) is 9.87. The predicted octanol–water partition coefficient (Wildman–Crippen LogP) is 3.58. The van der Waals surface area contributed by atoms with Gasteiger partial charge in [0.2, 0.25) is 0 Å². The van der Waals surface area contributed by atoms with Gasteiger partial charge in [-0.05, 0) is 19.1 Å². The van der Waals surface area contributed by atoms with Gasteiger partial charge in [0, 0.05) is 16.7 Å². The number of aryl methyl sites for hydroxylation is 1. The van der Waals surface area contributed by atoms with E-state index < -0.39 is 4.92 Å². The van der Waals surface area contributed by atoms with Crippen molar-refractivity contribution in [2.75, 3.05) is 0 Å². The molecule has 0 radical (unpaired) electrons. The van der Waals surface area contributed by atoms with Crippen molar-refractivity contribution < 1.29 is 4.92 Å². The second-order valence-corrected chi connectivity index (χ2v) is 2.62. The molecular weight excluding hydrogens is 190 g/mol. The molecule has 1 rings (SSSR count). The van der Waals surface area contributed by atoms with Gasteiger partial charge in [0.05, 0.1) is 4.92 Å². The molecule has 4 heteroatoms. The van der Waals surface area contributed by atoms with E-state index in [1.807, 2.05) is 13.8 Å². The lowest BCUT2D eigenvalue weighted by atomic mass is 10.2. The number of nitro groups is 1. The number of halogens is 1. The molecule has 1 aromatic carbocycles. The van der Waals surface area contributed by atoms with Crippen LogP contribution in [0.25, 0.3) is 0 Å². The predicted molar refractivity (Wildman–Crippen MR) is 54.2 cm³/mol. The summed E-state index contributed by atoms with van der Waals surface area (Å²) in [6.07, 6.45) is 0. The molecule has 0 unspecified atom stereocenters. The quantitative estimate of drug-likeness (QED) is 0.515. The van der Waals surface area contributed by atoms with Gasteiger partial charge < -0.3 is 0 Å². The van der Waals surface area contributed by atoms with Crippen LogP contribution >= 0.6 is 11.6 Å². The van der Waals surface area contributed by atoms with Crippen molar-refractivity contribution in [3.05, 3.63) is 38.9 Å². The third-order valence-electron chi connectivity index (χ3n) is 1.36. The summed E-state index contributed by atoms with van der Waals surface area (Å²) in [5, 5.41) is 10.8. The zero-order valence-electron chi connectivity index (χ0n) is 7.87. The van der Waals surface area contributed by atoms with Gasteiger partial charge in [-0.2, -0.15) is 0 Å². The third kappa shape index (κ3) is 3.42. The van der Waals surface area contributed by atoms with Crippen molar-refractivity contribution in [3.8, 4) is 0 Å². The molecule has 0 aliphatic rings. The normalized spacial score (nSPS) is 8.62. The Bertz CT molecular complexity index is 300. The molecule has 72 valence electrons. The monoisotopic (exact) mass is 201 g/mol. The van der Waals surface area contributed by atoms with E-state index in [-0.39, 0.29) is 5.69 Å². The highest BCUT2D eigenvalue weighted by molar-refractivity contribution is 6.30. The van der Waals surface area contributed by atoms with Crippen LogP contribution < -0.4 is 0 Å². The first-order valence-corrected chi connectivity index (χ1v) is 4.39. The average Bonchev–Trinajstić information content (AvgIpc) is 2.07. The van der Waals surface area contributed by atoms with Gasteiger partial charge in [-0.15, -0.1) is 0 Å². The van der Waals surface area contributed by atoms with Crippen molar-refractivity contribution in [3.63, 3.8) is 0 Å². The summed E-state index contributed by atoms with van der Waals surface area (Å²) in [6.45, 7) is 5.66. The molecule has 0 aromatic heterocycles. The van der Waals surface area contributed by atoms with Crippen LogP contribution in [0.4, 0.5) is 5.69 Å². The van der Waals surface area contributed by atoms with Crippen molar-refractivity contribution in [2.24, 2.45) is 0 Å². The third-order valence-corrected chi connectivity index (χ3v) is 1.59. The smallest absolute Gasteiger partial charge is 0.258 e. The molecule has 0 heterocycles. The Morgan fingerprint density at radius 2 is 1.92 bits per heavy atom. The fraction of sp³-hybridized carbons (Fsp3) is 0.333. The van der Waals surface area contributed by atoms with Gasteiger partial charge in [0.1, 0.15) is 0 Å². The first-order chi connectivity index (χ1) is 6.11. The minimum absolute atomic E-state index is 0.106. The van der Waals surface area contributed by atoms with Crippen LogP contribution in [0.3, 0.4) is 0 Å². The van der Waals surface area contributed by atoms with E-state index in [0.717, 1.165) is 0 Å². The molecular formula is C9H12ClNO2. The van der Waals surface area contributed by atoms with E-state index in [1.165, 1.54) is 12.1 Å². The van der Waals surface area contributed by atoms with Gasteiger partial charge in [0.15, 0.2) is 0 Å². The first kappa shape index (κ1) is 11.9. The van der Waals surface area contributed by atoms with Crippen LogP contribution in [0.5, 0.6) is 0 Å². The largest absolute Gasteiger partial charge is 0.272 e. The minimum atomic E-state index is -0.425. The van der Waals surface area contributed by atoms with Crippen molar-refractivity contribution >= 4 is 17.3 Å². The fourth-order valence-electron chi connectivity index (χ4n) is 0.824. The van der Waals surface area contributed by atoms with Crippen LogP contribution in [0.1, 0.15) is 19.4 Å². The molecule has 13 heavy (non-hydrogen) atoms. The SMILES string of the molecule is CC.Cc1cc(Cl)ccc1[N+](=O)[O-]. The maximum atomic E-state index is 10.3. The van der Waals surface area contributed by atoms with Gasteiger partial charge >= 0.3 is 0 Å². The summed E-state index contributed by atoms with van der Waals surface area (Å²) in [6, 6.07) is 4.48. The first-order valence-electron chi connectivity index (χ1n) is 4.02. The van der Waals surface area contributed by atoms with E-state index in [0.29, 0.717) is 10.6 Å². The van der Waals surface area contributed by atoms with E-state index in [4.69, 9.17) is 11.6 Å². The van der Waals surface area contributed by atoms with E-state index in [9.17, 15) is 10.1 Å². The Hall–Kier alpha value is -1.09. The summed E-state index contributed by atoms with van der Waals surface area (Å²) in [5.41, 5.74) is 0.692. The highest BCUT2D eigenvalue weighted by Crippen LogP contribution is 2.20. The van der Waals surface area contributed by atoms with Gasteiger partial charge in [0.25, 0.3) is 5.69 Å². The molecule has 0 amide bonds. The van der Waals surface area contributed by atoms with Crippen molar-refractivity contribution in [2.45, 2.75) is 20.8 Å². The van der Waals surface area contributed by atoms with Crippen LogP contribution in [0.2, 0.25) is 5.02 Å². The molecule has 0 saturated heterocycles. The molecule has 1 aromatic rings. The average molecular weight is 202 g/mol. The molecule has 0 fully saturated rings. The van der Waals surface area contributed by atoms with Crippen LogP contribution in [-0.2, 0) is 0 Å². The number of hydrogen-bond acceptors (Lipinski definition) is 2. The maximum absolute atomic E-state index is 10.3. The molecule has 0 saturated carbocycles. The highest BCUT2D eigenvalue weighted by atomic mass is 35.5. The second-order valence-electron chi connectivity index (χ2n) is 2.19. The van der Waals surface area contributed by atoms with Crippen molar-refractivity contribution in [1.82, 2.24) is 0 Å². The Kier molecular flexibility index (Phi) is 5.07. The number of nitro benzene ring substituents is 1. The maximum Gasteiger partial charge on any atom is 0.272 e.